The van der Waals surface area contributed by atoms with Crippen molar-refractivity contribution in [3.05, 3.63) is 0 Å². The molecule has 5 nitrogen and oxygen atoms in total. The fourth-order valence-corrected chi connectivity index (χ4v) is 1.50. The first kappa shape index (κ1) is 11.1. The molecular weight excluding hydrogens is 180 g/mol. The van der Waals surface area contributed by atoms with Crippen LogP contribution in [0.1, 0.15) is 20.8 Å². The molecule has 6 heteroatoms. The van der Waals surface area contributed by atoms with E-state index in [1.165, 1.54) is 13.8 Å². The summed E-state index contributed by atoms with van der Waals surface area (Å²) in [6.45, 7) is 4.56. The third-order valence-electron chi connectivity index (χ3n) is 0.827. The standard InChI is InChI=1S/C6H12O5Si/c1-4-9-12(10-5(2)7)11-6(3)8/h12H,4H2,1-3H3. The fourth-order valence-electron chi connectivity index (χ4n) is 0.499. The summed E-state index contributed by atoms with van der Waals surface area (Å²) in [6, 6.07) is 0. The molecule has 0 fully saturated rings. The smallest absolute Gasteiger partial charge is 0.467 e. The Balaban J connectivity index is 3.85. The molecule has 0 bridgehead atoms. The Morgan fingerprint density at radius 2 is 1.58 bits per heavy atom. The maximum atomic E-state index is 10.5. The third kappa shape index (κ3) is 5.87. The van der Waals surface area contributed by atoms with E-state index >= 15 is 0 Å². The van der Waals surface area contributed by atoms with E-state index in [1.807, 2.05) is 0 Å². The molecule has 0 saturated heterocycles. The second kappa shape index (κ2) is 5.73. The maximum Gasteiger partial charge on any atom is 0.619 e. The number of carbonyl (C=O) groups is 2. The van der Waals surface area contributed by atoms with Crippen molar-refractivity contribution in [2.75, 3.05) is 6.61 Å². The highest BCUT2D eigenvalue weighted by Crippen LogP contribution is 1.93. The van der Waals surface area contributed by atoms with Crippen LogP contribution in [0.2, 0.25) is 0 Å². The summed E-state index contributed by atoms with van der Waals surface area (Å²) in [7, 11) is -2.55. The van der Waals surface area contributed by atoms with E-state index in [-0.39, 0.29) is 0 Å². The van der Waals surface area contributed by atoms with E-state index in [2.05, 4.69) is 8.85 Å². The Morgan fingerprint density at radius 1 is 1.17 bits per heavy atom. The minimum Gasteiger partial charge on any atom is -0.467 e. The van der Waals surface area contributed by atoms with Crippen molar-refractivity contribution in [3.63, 3.8) is 0 Å². The lowest BCUT2D eigenvalue weighted by Crippen LogP contribution is -2.30. The first-order valence-electron chi connectivity index (χ1n) is 3.52. The van der Waals surface area contributed by atoms with Crippen LogP contribution in [0, 0.1) is 0 Å². The lowest BCUT2D eigenvalue weighted by Gasteiger charge is -2.12. The summed E-state index contributed by atoms with van der Waals surface area (Å²) >= 11 is 0. The predicted molar refractivity (Wildman–Crippen MR) is 42.3 cm³/mol. The zero-order valence-electron chi connectivity index (χ0n) is 7.33. The molecule has 0 rings (SSSR count). The lowest BCUT2D eigenvalue weighted by molar-refractivity contribution is -0.140. The average molecular weight is 192 g/mol. The summed E-state index contributed by atoms with van der Waals surface area (Å²) in [5.74, 6) is -0.997. The highest BCUT2D eigenvalue weighted by Gasteiger charge is 2.21. The molecule has 12 heavy (non-hydrogen) atoms. The Hall–Kier alpha value is -0.883. The van der Waals surface area contributed by atoms with Gasteiger partial charge in [-0.05, 0) is 6.92 Å². The molecule has 0 amide bonds. The Morgan fingerprint density at radius 3 is 1.83 bits per heavy atom. The van der Waals surface area contributed by atoms with Crippen molar-refractivity contribution in [3.8, 4) is 0 Å². The first-order valence-corrected chi connectivity index (χ1v) is 4.93. The molecular formula is C6H12O5Si. The van der Waals surface area contributed by atoms with Crippen molar-refractivity contribution < 1.29 is 22.9 Å². The summed E-state index contributed by atoms with van der Waals surface area (Å²) in [6.07, 6.45) is 0. The highest BCUT2D eigenvalue weighted by atomic mass is 28.3. The summed E-state index contributed by atoms with van der Waals surface area (Å²) in [5, 5.41) is 0. The summed E-state index contributed by atoms with van der Waals surface area (Å²) in [4.78, 5) is 20.9. The fraction of sp³-hybridized carbons (Fsp3) is 0.667. The van der Waals surface area contributed by atoms with Gasteiger partial charge in [0.1, 0.15) is 0 Å². The van der Waals surface area contributed by atoms with Crippen LogP contribution in [0.3, 0.4) is 0 Å². The average Bonchev–Trinajstić information content (AvgIpc) is 1.84. The van der Waals surface area contributed by atoms with Crippen LogP contribution in [0.15, 0.2) is 0 Å². The Kier molecular flexibility index (Phi) is 5.31. The van der Waals surface area contributed by atoms with Gasteiger partial charge >= 0.3 is 9.53 Å². The Labute approximate surface area is 72.6 Å². The van der Waals surface area contributed by atoms with Gasteiger partial charge < -0.3 is 13.3 Å². The van der Waals surface area contributed by atoms with Crippen LogP contribution in [0.25, 0.3) is 0 Å². The van der Waals surface area contributed by atoms with E-state index in [0.29, 0.717) is 6.61 Å². The molecule has 0 heterocycles. The van der Waals surface area contributed by atoms with Crippen LogP contribution in [0.4, 0.5) is 0 Å². The molecule has 0 spiro atoms. The molecule has 70 valence electrons. The SMILES string of the molecule is CCO[SiH](OC(C)=O)OC(C)=O. The lowest BCUT2D eigenvalue weighted by atomic mass is 10.9. The van der Waals surface area contributed by atoms with E-state index < -0.39 is 21.5 Å². The van der Waals surface area contributed by atoms with Gasteiger partial charge in [0, 0.05) is 20.5 Å². The normalized spacial score (nSPS) is 9.67. The van der Waals surface area contributed by atoms with Gasteiger partial charge in [0.2, 0.25) is 0 Å². The van der Waals surface area contributed by atoms with Gasteiger partial charge in [-0.1, -0.05) is 0 Å². The van der Waals surface area contributed by atoms with Crippen molar-refractivity contribution in [2.45, 2.75) is 20.8 Å². The monoisotopic (exact) mass is 192 g/mol. The van der Waals surface area contributed by atoms with E-state index in [4.69, 9.17) is 4.43 Å². The molecule has 0 aliphatic heterocycles. The second-order valence-electron chi connectivity index (χ2n) is 1.96. The van der Waals surface area contributed by atoms with Crippen LogP contribution >= 0.6 is 0 Å². The highest BCUT2D eigenvalue weighted by molar-refractivity contribution is 6.41. The molecule has 0 atom stereocenters. The molecule has 0 aromatic heterocycles. The number of carbonyl (C=O) groups excluding carboxylic acids is 2. The van der Waals surface area contributed by atoms with E-state index in [9.17, 15) is 9.59 Å². The minimum absolute atomic E-state index is 0.359. The van der Waals surface area contributed by atoms with Crippen LogP contribution in [-0.4, -0.2) is 28.1 Å². The van der Waals surface area contributed by atoms with Gasteiger partial charge in [-0.2, -0.15) is 0 Å². The van der Waals surface area contributed by atoms with Crippen molar-refractivity contribution in [2.24, 2.45) is 0 Å². The largest absolute Gasteiger partial charge is 0.619 e. The molecule has 0 N–H and O–H groups in total. The second-order valence-corrected chi connectivity index (χ2v) is 3.34. The predicted octanol–water partition coefficient (Wildman–Crippen LogP) is -0.134. The number of hydrogen-bond acceptors (Lipinski definition) is 5. The van der Waals surface area contributed by atoms with Gasteiger partial charge in [-0.25, -0.2) is 0 Å². The number of rotatable bonds is 4. The van der Waals surface area contributed by atoms with Gasteiger partial charge in [-0.3, -0.25) is 9.59 Å². The van der Waals surface area contributed by atoms with Crippen LogP contribution < -0.4 is 0 Å². The molecule has 0 radical (unpaired) electrons. The van der Waals surface area contributed by atoms with Crippen molar-refractivity contribution in [1.29, 1.82) is 0 Å². The third-order valence-corrected chi connectivity index (χ3v) is 2.48. The summed E-state index contributed by atoms with van der Waals surface area (Å²) < 4.78 is 14.2. The molecule has 0 aliphatic rings. The molecule has 0 aromatic rings. The quantitative estimate of drug-likeness (QED) is 0.580. The van der Waals surface area contributed by atoms with Gasteiger partial charge in [0.05, 0.1) is 0 Å². The molecule has 0 unspecified atom stereocenters. The van der Waals surface area contributed by atoms with Gasteiger partial charge in [0.15, 0.2) is 0 Å². The maximum absolute atomic E-state index is 10.5. The van der Waals surface area contributed by atoms with E-state index in [0.717, 1.165) is 0 Å². The molecule has 0 aliphatic carbocycles. The van der Waals surface area contributed by atoms with Crippen molar-refractivity contribution in [1.82, 2.24) is 0 Å². The zero-order valence-corrected chi connectivity index (χ0v) is 8.48. The molecule has 0 saturated carbocycles. The van der Waals surface area contributed by atoms with Crippen molar-refractivity contribution >= 4 is 21.5 Å². The Bertz CT molecular complexity index is 153. The van der Waals surface area contributed by atoms with Gasteiger partial charge in [0.25, 0.3) is 11.9 Å². The minimum atomic E-state index is -2.55. The van der Waals surface area contributed by atoms with Crippen LogP contribution in [-0.2, 0) is 22.9 Å². The topological polar surface area (TPSA) is 61.8 Å². The first-order chi connectivity index (χ1) is 5.56. The van der Waals surface area contributed by atoms with Gasteiger partial charge in [-0.15, -0.1) is 0 Å². The summed E-state index contributed by atoms with van der Waals surface area (Å²) in [5.41, 5.74) is 0. The van der Waals surface area contributed by atoms with Crippen LogP contribution in [0.5, 0.6) is 0 Å². The molecule has 0 aromatic carbocycles. The number of hydrogen-bond donors (Lipinski definition) is 0. The van der Waals surface area contributed by atoms with E-state index in [1.54, 1.807) is 6.92 Å². The zero-order chi connectivity index (χ0) is 9.56.